The fourth-order valence-corrected chi connectivity index (χ4v) is 3.90. The van der Waals surface area contributed by atoms with Crippen LogP contribution in [-0.4, -0.2) is 33.7 Å². The standard InChI is InChI=1S/C23H25N3O2/c1-16-10-11-17(2)20(14-16)22-18-8-4-5-9-19(18)23(28)26(24-22)15-21(27)25-12-6-3-7-13-25/h4-5,8-11,14H,3,6-7,12-13,15H2,1-2H3. The number of aryl methyl sites for hydroxylation is 2. The van der Waals surface area contributed by atoms with Crippen molar-refractivity contribution in [2.24, 2.45) is 0 Å². The zero-order valence-corrected chi connectivity index (χ0v) is 16.4. The Morgan fingerprint density at radius 1 is 1.00 bits per heavy atom. The van der Waals surface area contributed by atoms with Crippen molar-refractivity contribution in [3.8, 4) is 11.3 Å². The van der Waals surface area contributed by atoms with Gasteiger partial charge in [-0.15, -0.1) is 0 Å². The lowest BCUT2D eigenvalue weighted by molar-refractivity contribution is -0.133. The van der Waals surface area contributed by atoms with Gasteiger partial charge in [0.25, 0.3) is 5.56 Å². The van der Waals surface area contributed by atoms with E-state index in [4.69, 9.17) is 0 Å². The van der Waals surface area contributed by atoms with Crippen LogP contribution in [0.3, 0.4) is 0 Å². The maximum absolute atomic E-state index is 13.0. The summed E-state index contributed by atoms with van der Waals surface area (Å²) in [6, 6.07) is 13.7. The molecule has 5 nitrogen and oxygen atoms in total. The number of amides is 1. The number of aromatic nitrogens is 2. The topological polar surface area (TPSA) is 55.2 Å². The molecule has 1 amide bonds. The summed E-state index contributed by atoms with van der Waals surface area (Å²) in [6.07, 6.45) is 3.22. The van der Waals surface area contributed by atoms with Gasteiger partial charge in [0.2, 0.25) is 5.91 Å². The van der Waals surface area contributed by atoms with Gasteiger partial charge in [-0.2, -0.15) is 5.10 Å². The highest BCUT2D eigenvalue weighted by Gasteiger charge is 2.20. The van der Waals surface area contributed by atoms with Crippen LogP contribution in [0, 0.1) is 13.8 Å². The molecule has 2 aromatic carbocycles. The third-order valence-electron chi connectivity index (χ3n) is 5.51. The molecule has 1 aliphatic heterocycles. The number of likely N-dealkylation sites (tertiary alicyclic amines) is 1. The van der Waals surface area contributed by atoms with E-state index in [-0.39, 0.29) is 18.0 Å². The summed E-state index contributed by atoms with van der Waals surface area (Å²) >= 11 is 0. The average Bonchev–Trinajstić information content (AvgIpc) is 2.72. The summed E-state index contributed by atoms with van der Waals surface area (Å²) in [4.78, 5) is 27.6. The van der Waals surface area contributed by atoms with E-state index >= 15 is 0 Å². The normalized spacial score (nSPS) is 14.4. The van der Waals surface area contributed by atoms with Crippen molar-refractivity contribution in [2.45, 2.75) is 39.7 Å². The van der Waals surface area contributed by atoms with E-state index in [0.29, 0.717) is 5.39 Å². The molecule has 4 rings (SSSR count). The lowest BCUT2D eigenvalue weighted by atomic mass is 9.99. The molecule has 28 heavy (non-hydrogen) atoms. The van der Waals surface area contributed by atoms with Gasteiger partial charge in [-0.1, -0.05) is 35.9 Å². The zero-order valence-electron chi connectivity index (χ0n) is 16.4. The van der Waals surface area contributed by atoms with Gasteiger partial charge in [0.1, 0.15) is 6.54 Å². The number of fused-ring (bicyclic) bond motifs is 1. The maximum Gasteiger partial charge on any atom is 0.275 e. The number of hydrogen-bond acceptors (Lipinski definition) is 3. The molecule has 5 heteroatoms. The van der Waals surface area contributed by atoms with Crippen LogP contribution in [0.1, 0.15) is 30.4 Å². The van der Waals surface area contributed by atoms with E-state index in [9.17, 15) is 9.59 Å². The summed E-state index contributed by atoms with van der Waals surface area (Å²) in [5.74, 6) is -0.0310. The Bertz CT molecular complexity index is 1090. The SMILES string of the molecule is Cc1ccc(C)c(-c2nn(CC(=O)N3CCCCC3)c(=O)c3ccccc23)c1. The largest absolute Gasteiger partial charge is 0.341 e. The Morgan fingerprint density at radius 3 is 2.46 bits per heavy atom. The molecular weight excluding hydrogens is 350 g/mol. The fraction of sp³-hybridized carbons (Fsp3) is 0.348. The first-order chi connectivity index (χ1) is 13.5. The first kappa shape index (κ1) is 18.4. The van der Waals surface area contributed by atoms with Gasteiger partial charge >= 0.3 is 0 Å². The van der Waals surface area contributed by atoms with E-state index < -0.39 is 0 Å². The second-order valence-corrected chi connectivity index (χ2v) is 7.62. The quantitative estimate of drug-likeness (QED) is 0.701. The van der Waals surface area contributed by atoms with Crippen LogP contribution in [0.2, 0.25) is 0 Å². The molecule has 0 atom stereocenters. The van der Waals surface area contributed by atoms with Gasteiger partial charge in [0, 0.05) is 24.0 Å². The van der Waals surface area contributed by atoms with Crippen LogP contribution in [0.5, 0.6) is 0 Å². The van der Waals surface area contributed by atoms with Gasteiger partial charge in [0.05, 0.1) is 11.1 Å². The summed E-state index contributed by atoms with van der Waals surface area (Å²) < 4.78 is 1.34. The Balaban J connectivity index is 1.84. The third kappa shape index (κ3) is 3.44. The number of carbonyl (C=O) groups excluding carboxylic acids is 1. The monoisotopic (exact) mass is 375 g/mol. The minimum absolute atomic E-state index is 0.0124. The van der Waals surface area contributed by atoms with Gasteiger partial charge in [-0.05, 0) is 50.8 Å². The van der Waals surface area contributed by atoms with Crippen molar-refractivity contribution in [3.63, 3.8) is 0 Å². The Labute approximate surface area is 164 Å². The van der Waals surface area contributed by atoms with Crippen LogP contribution < -0.4 is 5.56 Å². The Hall–Kier alpha value is -2.95. The van der Waals surface area contributed by atoms with Crippen LogP contribution >= 0.6 is 0 Å². The van der Waals surface area contributed by atoms with Crippen molar-refractivity contribution >= 4 is 16.7 Å². The second-order valence-electron chi connectivity index (χ2n) is 7.62. The van der Waals surface area contributed by atoms with Crippen molar-refractivity contribution in [2.75, 3.05) is 13.1 Å². The minimum Gasteiger partial charge on any atom is -0.341 e. The second kappa shape index (κ2) is 7.58. The molecule has 1 aromatic heterocycles. The minimum atomic E-state index is -0.213. The fourth-order valence-electron chi connectivity index (χ4n) is 3.90. The number of nitrogens with zero attached hydrogens (tertiary/aromatic N) is 3. The molecule has 144 valence electrons. The van der Waals surface area contributed by atoms with Crippen molar-refractivity contribution < 1.29 is 4.79 Å². The number of piperidine rings is 1. The highest BCUT2D eigenvalue weighted by Crippen LogP contribution is 2.28. The van der Waals surface area contributed by atoms with E-state index in [2.05, 4.69) is 23.3 Å². The van der Waals surface area contributed by atoms with Gasteiger partial charge in [-0.3, -0.25) is 9.59 Å². The van der Waals surface area contributed by atoms with Gasteiger partial charge in [0.15, 0.2) is 0 Å². The lowest BCUT2D eigenvalue weighted by Crippen LogP contribution is -2.40. The molecule has 0 radical (unpaired) electrons. The van der Waals surface area contributed by atoms with Gasteiger partial charge < -0.3 is 4.90 Å². The number of rotatable bonds is 3. The molecule has 3 aromatic rings. The van der Waals surface area contributed by atoms with Gasteiger partial charge in [-0.25, -0.2) is 4.68 Å². The number of hydrogen-bond donors (Lipinski definition) is 0. The molecular formula is C23H25N3O2. The molecule has 0 aliphatic carbocycles. The Morgan fingerprint density at radius 2 is 1.71 bits per heavy atom. The molecule has 1 fully saturated rings. The van der Waals surface area contributed by atoms with Crippen molar-refractivity contribution in [1.29, 1.82) is 0 Å². The molecule has 0 N–H and O–H groups in total. The van der Waals surface area contributed by atoms with Crippen molar-refractivity contribution in [3.05, 3.63) is 63.9 Å². The van der Waals surface area contributed by atoms with Crippen LogP contribution in [0.4, 0.5) is 0 Å². The molecule has 1 saturated heterocycles. The van der Waals surface area contributed by atoms with Crippen LogP contribution in [-0.2, 0) is 11.3 Å². The molecule has 0 unspecified atom stereocenters. The predicted molar refractivity (Wildman–Crippen MR) is 111 cm³/mol. The summed E-state index contributed by atoms with van der Waals surface area (Å²) in [5, 5.41) is 6.08. The van der Waals surface area contributed by atoms with E-state index in [1.165, 1.54) is 4.68 Å². The van der Waals surface area contributed by atoms with E-state index in [1.54, 1.807) is 0 Å². The first-order valence-corrected chi connectivity index (χ1v) is 9.90. The Kier molecular flexibility index (Phi) is 4.99. The van der Waals surface area contributed by atoms with E-state index in [0.717, 1.165) is 60.1 Å². The lowest BCUT2D eigenvalue weighted by Gasteiger charge is -2.26. The van der Waals surface area contributed by atoms with Crippen molar-refractivity contribution in [1.82, 2.24) is 14.7 Å². The highest BCUT2D eigenvalue weighted by atomic mass is 16.2. The zero-order chi connectivity index (χ0) is 19.7. The first-order valence-electron chi connectivity index (χ1n) is 9.90. The smallest absolute Gasteiger partial charge is 0.275 e. The highest BCUT2D eigenvalue weighted by molar-refractivity contribution is 5.94. The third-order valence-corrected chi connectivity index (χ3v) is 5.51. The predicted octanol–water partition coefficient (Wildman–Crippen LogP) is 3.69. The molecule has 2 heterocycles. The molecule has 0 saturated carbocycles. The average molecular weight is 375 g/mol. The molecule has 1 aliphatic rings. The summed E-state index contributed by atoms with van der Waals surface area (Å²) in [5.41, 5.74) is 3.76. The summed E-state index contributed by atoms with van der Waals surface area (Å²) in [6.45, 7) is 5.61. The van der Waals surface area contributed by atoms with Crippen LogP contribution in [0.25, 0.3) is 22.0 Å². The number of benzene rings is 2. The van der Waals surface area contributed by atoms with Crippen LogP contribution in [0.15, 0.2) is 47.3 Å². The summed E-state index contributed by atoms with van der Waals surface area (Å²) in [7, 11) is 0. The molecule has 0 spiro atoms. The molecule has 0 bridgehead atoms. The maximum atomic E-state index is 13.0. The van der Waals surface area contributed by atoms with E-state index in [1.807, 2.05) is 43.0 Å². The number of carbonyl (C=O) groups is 1.